The van der Waals surface area contributed by atoms with Gasteiger partial charge >= 0.3 is 0 Å². The molecule has 0 radical (unpaired) electrons. The van der Waals surface area contributed by atoms with Gasteiger partial charge in [-0.25, -0.2) is 10.2 Å². The SMILES string of the molecule is CP(=O)(O)CCl.N=C=O. The maximum Gasteiger partial charge on any atom is 0.231 e. The number of isocyanates is 1. The van der Waals surface area contributed by atoms with Crippen LogP contribution in [0, 0.1) is 5.41 Å². The highest BCUT2D eigenvalue weighted by Crippen LogP contribution is 2.35. The number of rotatable bonds is 1. The van der Waals surface area contributed by atoms with Crippen LogP contribution in [0.15, 0.2) is 0 Å². The maximum absolute atomic E-state index is 10.0. The van der Waals surface area contributed by atoms with Crippen LogP contribution in [-0.4, -0.2) is 23.3 Å². The summed E-state index contributed by atoms with van der Waals surface area (Å²) in [6.45, 7) is 1.22. The van der Waals surface area contributed by atoms with Crippen LogP contribution >= 0.6 is 19.0 Å². The first-order valence-corrected chi connectivity index (χ1v) is 4.69. The van der Waals surface area contributed by atoms with Crippen LogP contribution in [0.2, 0.25) is 0 Å². The summed E-state index contributed by atoms with van der Waals surface area (Å²) < 4.78 is 10.0. The summed E-state index contributed by atoms with van der Waals surface area (Å²) in [5.74, 6) is 0. The van der Waals surface area contributed by atoms with Crippen LogP contribution in [0.5, 0.6) is 0 Å². The smallest absolute Gasteiger partial charge is 0.231 e. The Balaban J connectivity index is 0. The van der Waals surface area contributed by atoms with Gasteiger partial charge in [-0.1, -0.05) is 0 Å². The molecule has 54 valence electrons. The number of nitrogens with one attached hydrogen (secondary N) is 1. The van der Waals surface area contributed by atoms with E-state index in [1.54, 1.807) is 0 Å². The normalized spacial score (nSPS) is 14.1. The molecular formula is C3H7ClNO3P. The van der Waals surface area contributed by atoms with E-state index in [2.05, 4.69) is 0 Å². The summed E-state index contributed by atoms with van der Waals surface area (Å²) >= 11 is 4.96. The van der Waals surface area contributed by atoms with E-state index in [-0.39, 0.29) is 5.62 Å². The summed E-state index contributed by atoms with van der Waals surface area (Å²) in [6.07, 6.45) is 0.750. The fraction of sp³-hybridized carbons (Fsp3) is 0.667. The number of hydrogen-bond acceptors (Lipinski definition) is 3. The van der Waals surface area contributed by atoms with Gasteiger partial charge in [-0.15, -0.1) is 11.6 Å². The Kier molecular flexibility index (Phi) is 7.74. The van der Waals surface area contributed by atoms with Crippen molar-refractivity contribution in [3.05, 3.63) is 0 Å². The van der Waals surface area contributed by atoms with Gasteiger partial charge in [0.25, 0.3) is 0 Å². The zero-order chi connectivity index (χ0) is 7.91. The third kappa shape index (κ3) is 33.0. The van der Waals surface area contributed by atoms with Crippen molar-refractivity contribution >= 4 is 25.0 Å². The molecule has 0 fully saturated rings. The molecule has 0 aliphatic heterocycles. The molecule has 9 heavy (non-hydrogen) atoms. The molecule has 0 rings (SSSR count). The van der Waals surface area contributed by atoms with E-state index < -0.39 is 7.37 Å². The molecule has 0 saturated heterocycles. The van der Waals surface area contributed by atoms with Crippen LogP contribution in [0.4, 0.5) is 0 Å². The number of alkyl halides is 1. The van der Waals surface area contributed by atoms with Gasteiger partial charge in [-0.2, -0.15) is 0 Å². The lowest BCUT2D eigenvalue weighted by molar-refractivity contribution is 0.490. The van der Waals surface area contributed by atoms with Gasteiger partial charge in [0.1, 0.15) is 0 Å². The molecule has 0 aromatic heterocycles. The second-order valence-corrected chi connectivity index (χ2v) is 4.33. The van der Waals surface area contributed by atoms with Gasteiger partial charge < -0.3 is 4.89 Å². The molecule has 0 aromatic carbocycles. The van der Waals surface area contributed by atoms with Crippen molar-refractivity contribution in [2.45, 2.75) is 0 Å². The Bertz CT molecular complexity index is 136. The summed E-state index contributed by atoms with van der Waals surface area (Å²) in [4.78, 5) is 16.6. The molecule has 0 spiro atoms. The maximum atomic E-state index is 10.0. The Morgan fingerprint density at radius 1 is 1.89 bits per heavy atom. The molecule has 6 heteroatoms. The predicted octanol–water partition coefficient (Wildman–Crippen LogP) is 0.984. The molecule has 0 aliphatic carbocycles. The van der Waals surface area contributed by atoms with E-state index in [1.165, 1.54) is 6.66 Å². The molecule has 1 unspecified atom stereocenters. The van der Waals surface area contributed by atoms with Gasteiger partial charge in [0.05, 0.1) is 5.62 Å². The third-order valence-electron chi connectivity index (χ3n) is 0.222. The number of hydrogen-bond donors (Lipinski definition) is 2. The zero-order valence-electron chi connectivity index (χ0n) is 4.80. The quantitative estimate of drug-likeness (QED) is 0.267. The van der Waals surface area contributed by atoms with E-state index >= 15 is 0 Å². The van der Waals surface area contributed by atoms with E-state index in [4.69, 9.17) is 26.7 Å². The second kappa shape index (κ2) is 5.99. The van der Waals surface area contributed by atoms with Crippen LogP contribution in [0.1, 0.15) is 0 Å². The summed E-state index contributed by atoms with van der Waals surface area (Å²) in [7, 11) is -2.88. The highest BCUT2D eigenvalue weighted by molar-refractivity contribution is 7.58. The van der Waals surface area contributed by atoms with Crippen LogP contribution in [-0.2, 0) is 9.36 Å². The molecule has 0 amide bonds. The van der Waals surface area contributed by atoms with Crippen LogP contribution in [0.25, 0.3) is 0 Å². The average molecular weight is 172 g/mol. The fourth-order valence-electron chi connectivity index (χ4n) is 0. The molecule has 2 N–H and O–H groups in total. The number of carbonyl (C=O) groups excluding carboxylic acids is 1. The Labute approximate surface area is 57.8 Å². The lowest BCUT2D eigenvalue weighted by Gasteiger charge is -1.92. The van der Waals surface area contributed by atoms with Crippen molar-refractivity contribution in [2.75, 3.05) is 12.3 Å². The van der Waals surface area contributed by atoms with Gasteiger partial charge in [0.2, 0.25) is 13.4 Å². The zero-order valence-corrected chi connectivity index (χ0v) is 6.45. The molecule has 0 bridgehead atoms. The van der Waals surface area contributed by atoms with Gasteiger partial charge in [-0.05, 0) is 0 Å². The van der Waals surface area contributed by atoms with E-state index in [0.717, 1.165) is 6.08 Å². The molecular weight excluding hydrogens is 164 g/mol. The minimum atomic E-state index is -2.88. The molecule has 0 aliphatic rings. The second-order valence-electron chi connectivity index (χ2n) is 1.27. The predicted molar refractivity (Wildman–Crippen MR) is 34.9 cm³/mol. The third-order valence-corrected chi connectivity index (χ3v) is 2.00. The van der Waals surface area contributed by atoms with Crippen LogP contribution < -0.4 is 0 Å². The standard InChI is InChI=1S/C2H6ClO2P.CHNO/c1-6(4,5)2-3;2-1-3/h2H2,1H3,(H,4,5);2H. The van der Waals surface area contributed by atoms with E-state index in [0.29, 0.717) is 0 Å². The monoisotopic (exact) mass is 171 g/mol. The molecule has 0 heterocycles. The summed E-state index contributed by atoms with van der Waals surface area (Å²) in [6, 6.07) is 0. The lowest BCUT2D eigenvalue weighted by Crippen LogP contribution is -1.72. The first-order valence-electron chi connectivity index (χ1n) is 1.87. The van der Waals surface area contributed by atoms with Crippen molar-refractivity contribution < 1.29 is 14.3 Å². The molecule has 0 aromatic rings. The highest BCUT2D eigenvalue weighted by atomic mass is 35.5. The van der Waals surface area contributed by atoms with Gasteiger partial charge in [-0.3, -0.25) is 4.57 Å². The Morgan fingerprint density at radius 3 is 2.00 bits per heavy atom. The lowest BCUT2D eigenvalue weighted by atomic mass is 11.7. The first-order chi connectivity index (χ1) is 3.97. The van der Waals surface area contributed by atoms with Crippen molar-refractivity contribution in [2.24, 2.45) is 0 Å². The average Bonchev–Trinajstić information content (AvgIpc) is 1.67. The first kappa shape index (κ1) is 11.6. The van der Waals surface area contributed by atoms with Crippen molar-refractivity contribution in [3.8, 4) is 0 Å². The molecule has 1 atom stereocenters. The van der Waals surface area contributed by atoms with E-state index in [9.17, 15) is 4.57 Å². The van der Waals surface area contributed by atoms with Crippen molar-refractivity contribution in [1.82, 2.24) is 0 Å². The topological polar surface area (TPSA) is 78.2 Å². The largest absolute Gasteiger partial charge is 0.344 e. The summed E-state index contributed by atoms with van der Waals surface area (Å²) in [5.41, 5.74) is -0.146. The van der Waals surface area contributed by atoms with Crippen molar-refractivity contribution in [1.29, 1.82) is 5.41 Å². The minimum Gasteiger partial charge on any atom is -0.344 e. The molecule has 4 nitrogen and oxygen atoms in total. The number of halogens is 1. The minimum absolute atomic E-state index is 0.146. The highest BCUT2D eigenvalue weighted by Gasteiger charge is 2.03. The van der Waals surface area contributed by atoms with E-state index in [1.807, 2.05) is 0 Å². The van der Waals surface area contributed by atoms with Crippen molar-refractivity contribution in [3.63, 3.8) is 0 Å². The Hall–Kier alpha value is -0.140. The van der Waals surface area contributed by atoms with Crippen LogP contribution in [0.3, 0.4) is 0 Å². The molecule has 0 saturated carbocycles. The Morgan fingerprint density at radius 2 is 2.00 bits per heavy atom. The van der Waals surface area contributed by atoms with Gasteiger partial charge in [0, 0.05) is 6.66 Å². The summed E-state index contributed by atoms with van der Waals surface area (Å²) in [5, 5.41) is 5.40. The fourth-order valence-corrected chi connectivity index (χ4v) is 0. The van der Waals surface area contributed by atoms with Gasteiger partial charge in [0.15, 0.2) is 0 Å².